The van der Waals surface area contributed by atoms with E-state index in [-0.39, 0.29) is 0 Å². The van der Waals surface area contributed by atoms with E-state index in [1.165, 1.54) is 26.1 Å². The molecule has 0 heterocycles. The first-order chi connectivity index (χ1) is 6.90. The van der Waals surface area contributed by atoms with Crippen LogP contribution in [-0.4, -0.2) is 0 Å². The van der Waals surface area contributed by atoms with E-state index in [0.717, 1.165) is 6.42 Å². The van der Waals surface area contributed by atoms with Gasteiger partial charge in [0, 0.05) is 4.91 Å². The quantitative estimate of drug-likeness (QED) is 0.570. The molecule has 0 nitrogen and oxygen atoms in total. The van der Waals surface area contributed by atoms with Gasteiger partial charge in [-0.2, -0.15) is 0 Å². The topological polar surface area (TPSA) is 0 Å². The zero-order valence-electron chi connectivity index (χ0n) is 10.6. The van der Waals surface area contributed by atoms with Gasteiger partial charge >= 0.3 is 0 Å². The molecule has 0 spiro atoms. The molecule has 0 atom stereocenters. The minimum absolute atomic E-state index is 1.11. The first kappa shape index (κ1) is 15.0. The molecule has 0 aliphatic rings. The Hall–Kier alpha value is 0.0500. The highest BCUT2D eigenvalue weighted by Crippen LogP contribution is 2.33. The number of hydrogen-bond donors (Lipinski definition) is 0. The molecule has 15 heavy (non-hydrogen) atoms. The van der Waals surface area contributed by atoms with Crippen LogP contribution in [0.25, 0.3) is 0 Å². The van der Waals surface area contributed by atoms with Crippen LogP contribution in [0.2, 0.25) is 0 Å². The lowest BCUT2D eigenvalue weighted by Crippen LogP contribution is -1.87. The Morgan fingerprint density at radius 3 is 2.00 bits per heavy atom. The first-order valence-corrected chi connectivity index (χ1v) is 6.90. The van der Waals surface area contributed by atoms with Gasteiger partial charge in [-0.15, -0.1) is 0 Å². The highest BCUT2D eigenvalue weighted by atomic mass is 79.9. The van der Waals surface area contributed by atoms with Crippen molar-refractivity contribution in [3.05, 3.63) is 31.5 Å². The third kappa shape index (κ3) is 5.62. The monoisotopic (exact) mass is 288 g/mol. The van der Waals surface area contributed by atoms with Gasteiger partial charge in [0.25, 0.3) is 0 Å². The van der Waals surface area contributed by atoms with Crippen LogP contribution in [0.1, 0.15) is 48.0 Å². The molecular formula is C13H21BrS. The molecule has 0 amide bonds. The van der Waals surface area contributed by atoms with E-state index in [1.807, 2.05) is 11.8 Å². The van der Waals surface area contributed by atoms with Gasteiger partial charge in [-0.05, 0) is 56.5 Å². The number of thioether (sulfide) groups is 1. The van der Waals surface area contributed by atoms with Crippen LogP contribution in [-0.2, 0) is 0 Å². The second kappa shape index (κ2) is 7.34. The molecule has 2 heteroatoms. The van der Waals surface area contributed by atoms with Crippen molar-refractivity contribution in [1.29, 1.82) is 0 Å². The average molecular weight is 289 g/mol. The summed E-state index contributed by atoms with van der Waals surface area (Å²) in [5.74, 6) is 0. The molecule has 0 saturated carbocycles. The lowest BCUT2D eigenvalue weighted by atomic mass is 10.1. The maximum atomic E-state index is 3.56. The Bertz CT molecular complexity index is 300. The van der Waals surface area contributed by atoms with Crippen molar-refractivity contribution >= 4 is 27.7 Å². The summed E-state index contributed by atoms with van der Waals surface area (Å²) in [5.41, 5.74) is 4.15. The van der Waals surface area contributed by atoms with Crippen molar-refractivity contribution < 1.29 is 0 Å². The molecule has 0 N–H and O–H groups in total. The van der Waals surface area contributed by atoms with E-state index < -0.39 is 0 Å². The molecule has 0 aliphatic heterocycles. The molecule has 86 valence electrons. The number of rotatable bonds is 4. The lowest BCUT2D eigenvalue weighted by Gasteiger charge is -2.11. The van der Waals surface area contributed by atoms with Crippen molar-refractivity contribution in [1.82, 2.24) is 0 Å². The average Bonchev–Trinajstić information content (AvgIpc) is 2.16. The largest absolute Gasteiger partial charge is 0.0979 e. The van der Waals surface area contributed by atoms with E-state index in [4.69, 9.17) is 0 Å². The highest BCUT2D eigenvalue weighted by Gasteiger charge is 2.05. The molecule has 0 aromatic heterocycles. The summed E-state index contributed by atoms with van der Waals surface area (Å²) in [5, 5.41) is 2.22. The molecule has 0 bridgehead atoms. The maximum absolute atomic E-state index is 3.56. The van der Waals surface area contributed by atoms with E-state index in [1.54, 1.807) is 0 Å². The third-order valence-electron chi connectivity index (χ3n) is 2.19. The van der Waals surface area contributed by atoms with Gasteiger partial charge in [0.2, 0.25) is 0 Å². The van der Waals surface area contributed by atoms with Crippen molar-refractivity contribution in [3.63, 3.8) is 0 Å². The SMILES string of the molecule is CC/C(C)=C(SC=C(C)C)\C(C)=C(\C)Br. The minimum Gasteiger partial charge on any atom is -0.0979 e. The van der Waals surface area contributed by atoms with Gasteiger partial charge in [0.05, 0.1) is 0 Å². The molecule has 0 rings (SSSR count). The van der Waals surface area contributed by atoms with Crippen molar-refractivity contribution in [2.24, 2.45) is 0 Å². The van der Waals surface area contributed by atoms with Crippen LogP contribution in [0.5, 0.6) is 0 Å². The summed E-state index contributed by atoms with van der Waals surface area (Å²) >= 11 is 5.38. The lowest BCUT2D eigenvalue weighted by molar-refractivity contribution is 1.09. The summed E-state index contributed by atoms with van der Waals surface area (Å²) in [6, 6.07) is 0. The Labute approximate surface area is 107 Å². The molecule has 0 fully saturated rings. The second-order valence-electron chi connectivity index (χ2n) is 3.93. The zero-order chi connectivity index (χ0) is 12.0. The summed E-state index contributed by atoms with van der Waals surface area (Å²) in [6.07, 6.45) is 1.11. The van der Waals surface area contributed by atoms with Crippen LogP contribution < -0.4 is 0 Å². The summed E-state index contributed by atoms with van der Waals surface area (Å²) in [7, 11) is 0. The van der Waals surface area contributed by atoms with Crippen molar-refractivity contribution in [2.75, 3.05) is 0 Å². The number of hydrogen-bond acceptors (Lipinski definition) is 1. The standard InChI is InChI=1S/C13H21BrS/c1-7-10(4)13(11(5)12(6)14)15-8-9(2)3/h8H,7H2,1-6H3/b12-11-,13-10+. The molecule has 0 unspecified atom stereocenters. The summed E-state index contributed by atoms with van der Waals surface area (Å²) in [4.78, 5) is 1.40. The summed E-state index contributed by atoms with van der Waals surface area (Å²) in [6.45, 7) is 12.9. The molecule has 0 radical (unpaired) electrons. The van der Waals surface area contributed by atoms with Gasteiger partial charge in [-0.1, -0.05) is 45.8 Å². The maximum Gasteiger partial charge on any atom is 0.0142 e. The van der Waals surface area contributed by atoms with Gasteiger partial charge in [0.1, 0.15) is 0 Å². The fraction of sp³-hybridized carbons (Fsp3) is 0.538. The normalized spacial score (nSPS) is 14.3. The number of halogens is 1. The Balaban J connectivity index is 5.11. The van der Waals surface area contributed by atoms with Crippen LogP contribution >= 0.6 is 27.7 Å². The molecule has 0 saturated heterocycles. The van der Waals surface area contributed by atoms with Crippen molar-refractivity contribution in [2.45, 2.75) is 48.0 Å². The van der Waals surface area contributed by atoms with Gasteiger partial charge in [-0.25, -0.2) is 0 Å². The molecule has 0 aromatic rings. The fourth-order valence-electron chi connectivity index (χ4n) is 1.00. The fourth-order valence-corrected chi connectivity index (χ4v) is 2.36. The molecule has 0 aromatic carbocycles. The van der Waals surface area contributed by atoms with Crippen LogP contribution in [0.3, 0.4) is 0 Å². The summed E-state index contributed by atoms with van der Waals surface area (Å²) < 4.78 is 1.22. The van der Waals surface area contributed by atoms with Gasteiger partial charge < -0.3 is 0 Å². The van der Waals surface area contributed by atoms with Gasteiger partial charge in [0.15, 0.2) is 0 Å². The highest BCUT2D eigenvalue weighted by molar-refractivity contribution is 9.11. The number of allylic oxidation sites excluding steroid dienone is 4. The van der Waals surface area contributed by atoms with Crippen molar-refractivity contribution in [3.8, 4) is 0 Å². The van der Waals surface area contributed by atoms with Crippen LogP contribution in [0, 0.1) is 0 Å². The zero-order valence-corrected chi connectivity index (χ0v) is 13.0. The van der Waals surface area contributed by atoms with E-state index in [2.05, 4.69) is 62.9 Å². The predicted molar refractivity (Wildman–Crippen MR) is 77.3 cm³/mol. The predicted octanol–water partition coefficient (Wildman–Crippen LogP) is 6.02. The Morgan fingerprint density at radius 2 is 1.67 bits per heavy atom. The van der Waals surface area contributed by atoms with Gasteiger partial charge in [-0.3, -0.25) is 0 Å². The Morgan fingerprint density at radius 1 is 1.13 bits per heavy atom. The third-order valence-corrected chi connectivity index (χ3v) is 4.26. The second-order valence-corrected chi connectivity index (χ2v) is 6.00. The Kier molecular flexibility index (Phi) is 7.37. The molecular weight excluding hydrogens is 268 g/mol. The smallest absolute Gasteiger partial charge is 0.0142 e. The first-order valence-electron chi connectivity index (χ1n) is 5.23. The van der Waals surface area contributed by atoms with E-state index >= 15 is 0 Å². The van der Waals surface area contributed by atoms with E-state index in [9.17, 15) is 0 Å². The molecule has 0 aliphatic carbocycles. The van der Waals surface area contributed by atoms with Crippen LogP contribution in [0.4, 0.5) is 0 Å². The van der Waals surface area contributed by atoms with Crippen LogP contribution in [0.15, 0.2) is 31.5 Å². The minimum atomic E-state index is 1.11. The van der Waals surface area contributed by atoms with E-state index in [0.29, 0.717) is 0 Å².